The van der Waals surface area contributed by atoms with E-state index in [2.05, 4.69) is 20.5 Å². The Morgan fingerprint density at radius 1 is 1.11 bits per heavy atom. The minimum Gasteiger partial charge on any atom is -0.371 e. The SMILES string of the molecule is CNc1nnc(-c2nccn2C)c2ccccc12. The van der Waals surface area contributed by atoms with Gasteiger partial charge in [0, 0.05) is 37.3 Å². The van der Waals surface area contributed by atoms with Gasteiger partial charge in [0.15, 0.2) is 11.6 Å². The second-order valence-electron chi connectivity index (χ2n) is 4.05. The predicted molar refractivity (Wildman–Crippen MR) is 71.3 cm³/mol. The molecule has 1 aromatic carbocycles. The lowest BCUT2D eigenvalue weighted by atomic mass is 10.1. The number of rotatable bonds is 2. The molecule has 18 heavy (non-hydrogen) atoms. The molecule has 0 unspecified atom stereocenters. The fourth-order valence-electron chi connectivity index (χ4n) is 2.05. The Kier molecular flexibility index (Phi) is 2.44. The Labute approximate surface area is 104 Å². The lowest BCUT2D eigenvalue weighted by molar-refractivity contribution is 0.909. The van der Waals surface area contributed by atoms with Crippen molar-refractivity contribution < 1.29 is 0 Å². The van der Waals surface area contributed by atoms with Crippen LogP contribution in [0.5, 0.6) is 0 Å². The van der Waals surface area contributed by atoms with Crippen molar-refractivity contribution in [1.29, 1.82) is 0 Å². The van der Waals surface area contributed by atoms with E-state index in [1.54, 1.807) is 6.20 Å². The number of aryl methyl sites for hydroxylation is 1. The van der Waals surface area contributed by atoms with Crippen molar-refractivity contribution in [2.24, 2.45) is 7.05 Å². The molecule has 0 bridgehead atoms. The normalized spacial score (nSPS) is 10.8. The van der Waals surface area contributed by atoms with Crippen LogP contribution in [0.1, 0.15) is 0 Å². The van der Waals surface area contributed by atoms with E-state index in [4.69, 9.17) is 0 Å². The number of hydrogen-bond donors (Lipinski definition) is 1. The van der Waals surface area contributed by atoms with E-state index in [0.717, 1.165) is 28.1 Å². The number of fused-ring (bicyclic) bond motifs is 1. The monoisotopic (exact) mass is 239 g/mol. The van der Waals surface area contributed by atoms with Gasteiger partial charge in [-0.2, -0.15) is 0 Å². The fourth-order valence-corrected chi connectivity index (χ4v) is 2.05. The van der Waals surface area contributed by atoms with Gasteiger partial charge in [0.05, 0.1) is 0 Å². The van der Waals surface area contributed by atoms with Gasteiger partial charge in [-0.1, -0.05) is 24.3 Å². The second kappa shape index (κ2) is 4.10. The van der Waals surface area contributed by atoms with Gasteiger partial charge in [0.2, 0.25) is 0 Å². The average Bonchev–Trinajstić information content (AvgIpc) is 2.83. The first-order valence-electron chi connectivity index (χ1n) is 5.72. The molecule has 90 valence electrons. The Hall–Kier alpha value is -2.43. The summed E-state index contributed by atoms with van der Waals surface area (Å²) in [6, 6.07) is 8.06. The van der Waals surface area contributed by atoms with Crippen molar-refractivity contribution in [2.75, 3.05) is 12.4 Å². The quantitative estimate of drug-likeness (QED) is 0.743. The Bertz CT molecular complexity index is 701. The summed E-state index contributed by atoms with van der Waals surface area (Å²) in [5.74, 6) is 1.60. The molecule has 0 spiro atoms. The highest BCUT2D eigenvalue weighted by molar-refractivity contribution is 5.98. The number of aromatic nitrogens is 4. The van der Waals surface area contributed by atoms with Gasteiger partial charge in [-0.05, 0) is 0 Å². The van der Waals surface area contributed by atoms with Gasteiger partial charge in [-0.25, -0.2) is 4.98 Å². The molecule has 0 aliphatic rings. The maximum absolute atomic E-state index is 4.33. The van der Waals surface area contributed by atoms with Crippen molar-refractivity contribution in [1.82, 2.24) is 19.7 Å². The van der Waals surface area contributed by atoms with Crippen LogP contribution in [-0.2, 0) is 7.05 Å². The van der Waals surface area contributed by atoms with Crippen molar-refractivity contribution in [3.05, 3.63) is 36.7 Å². The summed E-state index contributed by atoms with van der Waals surface area (Å²) >= 11 is 0. The molecule has 3 rings (SSSR count). The first kappa shape index (κ1) is 10.7. The molecule has 5 heteroatoms. The molecule has 0 aliphatic heterocycles. The minimum absolute atomic E-state index is 0.781. The molecule has 0 fully saturated rings. The number of imidazole rings is 1. The first-order valence-corrected chi connectivity index (χ1v) is 5.72. The minimum atomic E-state index is 0.781. The van der Waals surface area contributed by atoms with Crippen LogP contribution in [0.15, 0.2) is 36.7 Å². The molecule has 0 radical (unpaired) electrons. The fraction of sp³-hybridized carbons (Fsp3) is 0.154. The van der Waals surface area contributed by atoms with Gasteiger partial charge in [0.25, 0.3) is 0 Å². The highest BCUT2D eigenvalue weighted by atomic mass is 15.2. The Morgan fingerprint density at radius 3 is 2.56 bits per heavy atom. The number of hydrogen-bond acceptors (Lipinski definition) is 4. The van der Waals surface area contributed by atoms with Crippen LogP contribution in [0.4, 0.5) is 5.82 Å². The van der Waals surface area contributed by atoms with E-state index in [0.29, 0.717) is 0 Å². The lowest BCUT2D eigenvalue weighted by Gasteiger charge is -2.08. The standard InChI is InChI=1S/C13H13N5/c1-14-12-10-6-4-3-5-9(10)11(16-17-12)13-15-7-8-18(13)2/h3-8H,1-2H3,(H,14,17). The van der Waals surface area contributed by atoms with Crippen LogP contribution in [0.25, 0.3) is 22.3 Å². The number of nitrogens with one attached hydrogen (secondary N) is 1. The summed E-state index contributed by atoms with van der Waals surface area (Å²) < 4.78 is 1.94. The van der Waals surface area contributed by atoms with Gasteiger partial charge >= 0.3 is 0 Å². The van der Waals surface area contributed by atoms with E-state index in [1.807, 2.05) is 49.1 Å². The molecular formula is C13H13N5. The smallest absolute Gasteiger partial charge is 0.160 e. The van der Waals surface area contributed by atoms with Gasteiger partial charge in [0.1, 0.15) is 5.69 Å². The van der Waals surface area contributed by atoms with Crippen molar-refractivity contribution in [3.63, 3.8) is 0 Å². The summed E-state index contributed by atoms with van der Waals surface area (Å²) in [7, 11) is 3.79. The maximum Gasteiger partial charge on any atom is 0.160 e. The average molecular weight is 239 g/mol. The van der Waals surface area contributed by atoms with Crippen molar-refractivity contribution >= 4 is 16.6 Å². The van der Waals surface area contributed by atoms with Crippen LogP contribution >= 0.6 is 0 Å². The molecule has 0 saturated carbocycles. The first-order chi connectivity index (χ1) is 8.81. The summed E-state index contributed by atoms with van der Waals surface area (Å²) in [4.78, 5) is 4.33. The highest BCUT2D eigenvalue weighted by Gasteiger charge is 2.12. The molecule has 2 heterocycles. The van der Waals surface area contributed by atoms with Crippen molar-refractivity contribution in [2.45, 2.75) is 0 Å². The number of benzene rings is 1. The molecule has 0 atom stereocenters. The summed E-state index contributed by atoms with van der Waals surface area (Å²) in [5.41, 5.74) is 0.803. The zero-order chi connectivity index (χ0) is 12.5. The zero-order valence-electron chi connectivity index (χ0n) is 10.3. The van der Waals surface area contributed by atoms with E-state index >= 15 is 0 Å². The number of anilines is 1. The molecule has 1 N–H and O–H groups in total. The molecule has 3 aromatic rings. The third-order valence-corrected chi connectivity index (χ3v) is 2.96. The third-order valence-electron chi connectivity index (χ3n) is 2.96. The van der Waals surface area contributed by atoms with Gasteiger partial charge in [-0.3, -0.25) is 0 Å². The second-order valence-corrected chi connectivity index (χ2v) is 4.05. The predicted octanol–water partition coefficient (Wildman–Crippen LogP) is 2.07. The van der Waals surface area contributed by atoms with Crippen LogP contribution in [-0.4, -0.2) is 26.8 Å². The highest BCUT2D eigenvalue weighted by Crippen LogP contribution is 2.27. The summed E-state index contributed by atoms with van der Waals surface area (Å²) in [6.07, 6.45) is 3.66. The Balaban J connectivity index is 2.35. The van der Waals surface area contributed by atoms with Gasteiger partial charge in [-0.15, -0.1) is 10.2 Å². The Morgan fingerprint density at radius 2 is 1.89 bits per heavy atom. The molecule has 0 saturated heterocycles. The van der Waals surface area contributed by atoms with Crippen LogP contribution in [0.3, 0.4) is 0 Å². The van der Waals surface area contributed by atoms with Crippen LogP contribution in [0.2, 0.25) is 0 Å². The summed E-state index contributed by atoms with van der Waals surface area (Å²) in [5, 5.41) is 13.6. The topological polar surface area (TPSA) is 55.6 Å². The maximum atomic E-state index is 4.33. The van der Waals surface area contributed by atoms with Crippen molar-refractivity contribution in [3.8, 4) is 11.5 Å². The third kappa shape index (κ3) is 1.52. The van der Waals surface area contributed by atoms with Gasteiger partial charge < -0.3 is 9.88 Å². The molecule has 0 aliphatic carbocycles. The van der Waals surface area contributed by atoms with Crippen LogP contribution in [0, 0.1) is 0 Å². The molecule has 2 aromatic heterocycles. The van der Waals surface area contributed by atoms with Crippen LogP contribution < -0.4 is 5.32 Å². The number of nitrogens with zero attached hydrogens (tertiary/aromatic N) is 4. The largest absolute Gasteiger partial charge is 0.371 e. The molecular weight excluding hydrogens is 226 g/mol. The van der Waals surface area contributed by atoms with E-state index < -0.39 is 0 Å². The lowest BCUT2D eigenvalue weighted by Crippen LogP contribution is -2.01. The van der Waals surface area contributed by atoms with E-state index in [9.17, 15) is 0 Å². The van der Waals surface area contributed by atoms with E-state index in [-0.39, 0.29) is 0 Å². The molecule has 0 amide bonds. The van der Waals surface area contributed by atoms with E-state index in [1.165, 1.54) is 0 Å². The summed E-state index contributed by atoms with van der Waals surface area (Å²) in [6.45, 7) is 0. The molecule has 5 nitrogen and oxygen atoms in total. The zero-order valence-corrected chi connectivity index (χ0v) is 10.3.